The number of methoxy groups -OCH3 is 1. The molecular formula is C14H21FN2O2. The number of likely N-dealkylation sites (N-methyl/N-ethyl adjacent to an activating group) is 1. The molecule has 0 radical (unpaired) electrons. The number of nitrogens with one attached hydrogen (secondary N) is 1. The van der Waals surface area contributed by atoms with Crippen molar-refractivity contribution in [2.75, 3.05) is 27.7 Å². The van der Waals surface area contributed by atoms with E-state index in [0.717, 1.165) is 12.1 Å². The molecule has 1 rings (SSSR count). The second-order valence-corrected chi connectivity index (χ2v) is 4.75. The van der Waals surface area contributed by atoms with Gasteiger partial charge in [0.1, 0.15) is 5.82 Å². The van der Waals surface area contributed by atoms with Gasteiger partial charge in [-0.1, -0.05) is 6.07 Å². The lowest BCUT2D eigenvalue weighted by Gasteiger charge is -2.20. The van der Waals surface area contributed by atoms with E-state index in [-0.39, 0.29) is 5.56 Å². The molecule has 0 aromatic heterocycles. The Bertz CT molecular complexity index is 435. The Morgan fingerprint density at radius 3 is 2.68 bits per heavy atom. The van der Waals surface area contributed by atoms with Crippen molar-refractivity contribution in [1.82, 2.24) is 10.2 Å². The smallest absolute Gasteiger partial charge is 0.340 e. The molecule has 0 heterocycles. The Morgan fingerprint density at radius 1 is 1.47 bits per heavy atom. The van der Waals surface area contributed by atoms with E-state index in [2.05, 4.69) is 21.9 Å². The number of ether oxygens (including phenoxy) is 1. The third-order valence-electron chi connectivity index (χ3n) is 3.09. The van der Waals surface area contributed by atoms with E-state index in [4.69, 9.17) is 0 Å². The molecular weight excluding hydrogens is 247 g/mol. The highest BCUT2D eigenvalue weighted by Crippen LogP contribution is 2.11. The third kappa shape index (κ3) is 4.61. The lowest BCUT2D eigenvalue weighted by atomic mass is 10.1. The molecule has 0 aliphatic carbocycles. The molecule has 1 N–H and O–H groups in total. The standard InChI is InChI=1S/C14H21FN2O2/c1-10(17(2)3)8-16-9-11-5-6-12(13(15)7-11)14(18)19-4/h5-7,10,16H,8-9H2,1-4H3. The SMILES string of the molecule is COC(=O)c1ccc(CNCC(C)N(C)C)cc1F. The summed E-state index contributed by atoms with van der Waals surface area (Å²) in [6, 6.07) is 4.94. The van der Waals surface area contributed by atoms with Crippen LogP contribution >= 0.6 is 0 Å². The summed E-state index contributed by atoms with van der Waals surface area (Å²) in [6.07, 6.45) is 0. The minimum atomic E-state index is -0.654. The summed E-state index contributed by atoms with van der Waals surface area (Å²) < 4.78 is 18.2. The highest BCUT2D eigenvalue weighted by molar-refractivity contribution is 5.89. The number of halogens is 1. The minimum absolute atomic E-state index is 0.0343. The number of nitrogens with zero attached hydrogens (tertiary/aromatic N) is 1. The molecule has 106 valence electrons. The van der Waals surface area contributed by atoms with Gasteiger partial charge in [-0.05, 0) is 38.7 Å². The molecule has 0 amide bonds. The number of hydrogen-bond acceptors (Lipinski definition) is 4. The molecule has 1 aromatic carbocycles. The van der Waals surface area contributed by atoms with Crippen molar-refractivity contribution in [2.24, 2.45) is 0 Å². The molecule has 0 saturated heterocycles. The van der Waals surface area contributed by atoms with Crippen LogP contribution < -0.4 is 5.32 Å². The number of carbonyl (C=O) groups excluding carboxylic acids is 1. The summed E-state index contributed by atoms with van der Waals surface area (Å²) in [7, 11) is 5.26. The fourth-order valence-corrected chi connectivity index (χ4v) is 1.55. The summed E-state index contributed by atoms with van der Waals surface area (Å²) in [6.45, 7) is 3.48. The Hall–Kier alpha value is -1.46. The van der Waals surface area contributed by atoms with Crippen LogP contribution in [0.1, 0.15) is 22.8 Å². The predicted molar refractivity (Wildman–Crippen MR) is 72.6 cm³/mol. The second kappa shape index (κ2) is 7.21. The lowest BCUT2D eigenvalue weighted by molar-refractivity contribution is 0.0595. The zero-order valence-electron chi connectivity index (χ0n) is 11.9. The minimum Gasteiger partial charge on any atom is -0.465 e. The van der Waals surface area contributed by atoms with Gasteiger partial charge in [-0.3, -0.25) is 0 Å². The van der Waals surface area contributed by atoms with Gasteiger partial charge in [0.25, 0.3) is 0 Å². The van der Waals surface area contributed by atoms with E-state index in [0.29, 0.717) is 12.6 Å². The summed E-state index contributed by atoms with van der Waals surface area (Å²) in [5.41, 5.74) is 0.768. The monoisotopic (exact) mass is 268 g/mol. The van der Waals surface area contributed by atoms with Gasteiger partial charge in [-0.25, -0.2) is 9.18 Å². The maximum absolute atomic E-state index is 13.7. The maximum Gasteiger partial charge on any atom is 0.340 e. The van der Waals surface area contributed by atoms with E-state index < -0.39 is 11.8 Å². The van der Waals surface area contributed by atoms with Gasteiger partial charge < -0.3 is 15.0 Å². The topological polar surface area (TPSA) is 41.6 Å². The van der Waals surface area contributed by atoms with Crippen LogP contribution in [0, 0.1) is 5.82 Å². The molecule has 0 aliphatic heterocycles. The van der Waals surface area contributed by atoms with Crippen LogP contribution in [0.3, 0.4) is 0 Å². The van der Waals surface area contributed by atoms with Crippen molar-refractivity contribution < 1.29 is 13.9 Å². The van der Waals surface area contributed by atoms with Crippen molar-refractivity contribution in [1.29, 1.82) is 0 Å². The van der Waals surface area contributed by atoms with Crippen LogP contribution in [0.25, 0.3) is 0 Å². The maximum atomic E-state index is 13.7. The van der Waals surface area contributed by atoms with Gasteiger partial charge >= 0.3 is 5.97 Å². The molecule has 0 saturated carbocycles. The van der Waals surface area contributed by atoms with Crippen LogP contribution in [0.4, 0.5) is 4.39 Å². The van der Waals surface area contributed by atoms with Gasteiger partial charge in [0, 0.05) is 19.1 Å². The molecule has 0 spiro atoms. The average Bonchev–Trinajstić information content (AvgIpc) is 2.37. The van der Waals surface area contributed by atoms with Gasteiger partial charge in [0.15, 0.2) is 0 Å². The predicted octanol–water partition coefficient (Wildman–Crippen LogP) is 1.65. The Kier molecular flexibility index (Phi) is 5.92. The van der Waals surface area contributed by atoms with Crippen LogP contribution in [0.15, 0.2) is 18.2 Å². The number of benzene rings is 1. The van der Waals surface area contributed by atoms with Crippen molar-refractivity contribution in [3.8, 4) is 0 Å². The zero-order valence-corrected chi connectivity index (χ0v) is 11.9. The summed E-state index contributed by atoms with van der Waals surface area (Å²) in [5.74, 6) is -1.20. The fraction of sp³-hybridized carbons (Fsp3) is 0.500. The Morgan fingerprint density at radius 2 is 2.16 bits per heavy atom. The molecule has 1 atom stereocenters. The summed E-state index contributed by atoms with van der Waals surface area (Å²) in [5, 5.41) is 3.25. The lowest BCUT2D eigenvalue weighted by Crippen LogP contribution is -2.35. The highest BCUT2D eigenvalue weighted by Gasteiger charge is 2.12. The second-order valence-electron chi connectivity index (χ2n) is 4.75. The van der Waals surface area contributed by atoms with Crippen molar-refractivity contribution in [3.63, 3.8) is 0 Å². The summed E-state index contributed by atoms with van der Waals surface area (Å²) in [4.78, 5) is 13.3. The first-order chi connectivity index (χ1) is 8.95. The summed E-state index contributed by atoms with van der Waals surface area (Å²) >= 11 is 0. The zero-order chi connectivity index (χ0) is 14.4. The van der Waals surface area contributed by atoms with Crippen LogP contribution in [-0.4, -0.2) is 44.7 Å². The quantitative estimate of drug-likeness (QED) is 0.797. The first kappa shape index (κ1) is 15.6. The van der Waals surface area contributed by atoms with Crippen LogP contribution in [0.5, 0.6) is 0 Å². The first-order valence-electron chi connectivity index (χ1n) is 6.19. The number of rotatable bonds is 6. The van der Waals surface area contributed by atoms with E-state index in [1.54, 1.807) is 6.07 Å². The van der Waals surface area contributed by atoms with E-state index >= 15 is 0 Å². The molecule has 4 nitrogen and oxygen atoms in total. The van der Waals surface area contributed by atoms with Gasteiger partial charge in [0.05, 0.1) is 12.7 Å². The molecule has 0 aliphatic rings. The number of carbonyl (C=O) groups is 1. The number of hydrogen-bond donors (Lipinski definition) is 1. The van der Waals surface area contributed by atoms with E-state index in [1.165, 1.54) is 19.2 Å². The van der Waals surface area contributed by atoms with Crippen molar-refractivity contribution in [3.05, 3.63) is 35.1 Å². The first-order valence-corrected chi connectivity index (χ1v) is 6.19. The van der Waals surface area contributed by atoms with Crippen LogP contribution in [-0.2, 0) is 11.3 Å². The Labute approximate surface area is 113 Å². The normalized spacial score (nSPS) is 12.5. The van der Waals surface area contributed by atoms with E-state index in [9.17, 15) is 9.18 Å². The van der Waals surface area contributed by atoms with Gasteiger partial charge in [-0.2, -0.15) is 0 Å². The Balaban J connectivity index is 2.57. The molecule has 5 heteroatoms. The van der Waals surface area contributed by atoms with Crippen molar-refractivity contribution >= 4 is 5.97 Å². The molecule has 1 unspecified atom stereocenters. The molecule has 19 heavy (non-hydrogen) atoms. The highest BCUT2D eigenvalue weighted by atomic mass is 19.1. The largest absolute Gasteiger partial charge is 0.465 e. The van der Waals surface area contributed by atoms with Crippen molar-refractivity contribution in [2.45, 2.75) is 19.5 Å². The average molecular weight is 268 g/mol. The van der Waals surface area contributed by atoms with Gasteiger partial charge in [-0.15, -0.1) is 0 Å². The molecule has 0 bridgehead atoms. The van der Waals surface area contributed by atoms with Crippen LogP contribution in [0.2, 0.25) is 0 Å². The fourth-order valence-electron chi connectivity index (χ4n) is 1.55. The van der Waals surface area contributed by atoms with E-state index in [1.807, 2.05) is 14.1 Å². The van der Waals surface area contributed by atoms with Gasteiger partial charge in [0.2, 0.25) is 0 Å². The third-order valence-corrected chi connectivity index (χ3v) is 3.09. The molecule has 0 fully saturated rings. The molecule has 1 aromatic rings. The number of esters is 1.